The number of hydrogen-bond donors (Lipinski definition) is 0. The lowest BCUT2D eigenvalue weighted by molar-refractivity contribution is -0.00391. The topological polar surface area (TPSA) is 22.1 Å². The number of aryl methyl sites for hydroxylation is 1. The summed E-state index contributed by atoms with van der Waals surface area (Å²) in [5.41, 5.74) is 1.12. The highest BCUT2D eigenvalue weighted by atomic mass is 16.5. The van der Waals surface area contributed by atoms with Gasteiger partial charge in [0.05, 0.1) is 5.60 Å². The summed E-state index contributed by atoms with van der Waals surface area (Å²) in [5, 5.41) is 0. The van der Waals surface area contributed by atoms with E-state index in [9.17, 15) is 0 Å². The van der Waals surface area contributed by atoms with Gasteiger partial charge in [-0.25, -0.2) is 0 Å². The van der Waals surface area contributed by atoms with Gasteiger partial charge in [0.2, 0.25) is 0 Å². The molecule has 78 valence electrons. The van der Waals surface area contributed by atoms with Crippen LogP contribution in [-0.2, 0) is 11.2 Å². The summed E-state index contributed by atoms with van der Waals surface area (Å²) in [7, 11) is 0. The second-order valence-electron chi connectivity index (χ2n) is 4.39. The molecule has 1 heterocycles. The smallest absolute Gasteiger partial charge is 0.0598 e. The van der Waals surface area contributed by atoms with Crippen LogP contribution in [-0.4, -0.2) is 17.2 Å². The van der Waals surface area contributed by atoms with Crippen molar-refractivity contribution in [2.45, 2.75) is 39.2 Å². The molecule has 0 radical (unpaired) electrons. The SMILES string of the molecule is CC(C)(C)OCCCc1ccccn1. The zero-order valence-corrected chi connectivity index (χ0v) is 9.29. The zero-order valence-electron chi connectivity index (χ0n) is 9.29. The summed E-state index contributed by atoms with van der Waals surface area (Å²) < 4.78 is 5.62. The van der Waals surface area contributed by atoms with Crippen LogP contribution in [0.25, 0.3) is 0 Å². The molecular weight excluding hydrogens is 174 g/mol. The molecule has 0 amide bonds. The van der Waals surface area contributed by atoms with Gasteiger partial charge >= 0.3 is 0 Å². The van der Waals surface area contributed by atoms with Gasteiger partial charge in [-0.05, 0) is 45.7 Å². The number of ether oxygens (including phenoxy) is 1. The first kappa shape index (κ1) is 11.2. The fourth-order valence-electron chi connectivity index (χ4n) is 1.18. The Kier molecular flexibility index (Phi) is 4.08. The van der Waals surface area contributed by atoms with Crippen LogP contribution in [0, 0.1) is 0 Å². The van der Waals surface area contributed by atoms with E-state index in [-0.39, 0.29) is 5.60 Å². The summed E-state index contributed by atoms with van der Waals surface area (Å²) in [6.45, 7) is 7.04. The van der Waals surface area contributed by atoms with Gasteiger partial charge in [0.25, 0.3) is 0 Å². The zero-order chi connectivity index (χ0) is 10.4. The molecule has 0 spiro atoms. The third-order valence-corrected chi connectivity index (χ3v) is 1.84. The fraction of sp³-hybridized carbons (Fsp3) is 0.583. The Morgan fingerprint density at radius 3 is 2.64 bits per heavy atom. The molecule has 0 aliphatic heterocycles. The summed E-state index contributed by atoms with van der Waals surface area (Å²) >= 11 is 0. The van der Waals surface area contributed by atoms with E-state index in [1.165, 1.54) is 0 Å². The molecule has 0 aliphatic carbocycles. The molecule has 0 N–H and O–H groups in total. The van der Waals surface area contributed by atoms with E-state index in [4.69, 9.17) is 4.74 Å². The lowest BCUT2D eigenvalue weighted by Crippen LogP contribution is -2.19. The minimum absolute atomic E-state index is 0.0237. The van der Waals surface area contributed by atoms with Gasteiger partial charge in [-0.15, -0.1) is 0 Å². The Morgan fingerprint density at radius 1 is 1.29 bits per heavy atom. The third kappa shape index (κ3) is 4.97. The van der Waals surface area contributed by atoms with Crippen LogP contribution in [0.5, 0.6) is 0 Å². The highest BCUT2D eigenvalue weighted by Gasteiger charge is 2.08. The Bertz CT molecular complexity index is 251. The van der Waals surface area contributed by atoms with E-state index < -0.39 is 0 Å². The first-order valence-electron chi connectivity index (χ1n) is 5.12. The molecule has 0 saturated carbocycles. The van der Waals surface area contributed by atoms with Crippen LogP contribution < -0.4 is 0 Å². The average molecular weight is 193 g/mol. The predicted molar refractivity (Wildman–Crippen MR) is 58.3 cm³/mol. The molecule has 0 fully saturated rings. The van der Waals surface area contributed by atoms with Gasteiger partial charge in [-0.2, -0.15) is 0 Å². The molecule has 1 aromatic heterocycles. The summed E-state index contributed by atoms with van der Waals surface area (Å²) in [4.78, 5) is 4.26. The summed E-state index contributed by atoms with van der Waals surface area (Å²) in [6, 6.07) is 6.01. The Morgan fingerprint density at radius 2 is 2.07 bits per heavy atom. The Hall–Kier alpha value is -0.890. The van der Waals surface area contributed by atoms with Crippen LogP contribution >= 0.6 is 0 Å². The van der Waals surface area contributed by atoms with Crippen molar-refractivity contribution in [3.8, 4) is 0 Å². The second-order valence-corrected chi connectivity index (χ2v) is 4.39. The first-order chi connectivity index (χ1) is 6.58. The molecular formula is C12H19NO. The maximum atomic E-state index is 5.62. The third-order valence-electron chi connectivity index (χ3n) is 1.84. The molecule has 0 atom stereocenters. The van der Waals surface area contributed by atoms with Crippen LogP contribution in [0.1, 0.15) is 32.9 Å². The minimum Gasteiger partial charge on any atom is -0.376 e. The second kappa shape index (κ2) is 5.11. The van der Waals surface area contributed by atoms with Gasteiger partial charge in [0.15, 0.2) is 0 Å². The van der Waals surface area contributed by atoms with Gasteiger partial charge in [0, 0.05) is 18.5 Å². The lowest BCUT2D eigenvalue weighted by Gasteiger charge is -2.19. The molecule has 14 heavy (non-hydrogen) atoms. The normalized spacial score (nSPS) is 11.6. The maximum Gasteiger partial charge on any atom is 0.0598 e. The van der Waals surface area contributed by atoms with E-state index in [1.807, 2.05) is 18.3 Å². The first-order valence-corrected chi connectivity index (χ1v) is 5.12. The monoisotopic (exact) mass is 193 g/mol. The molecule has 1 aromatic rings. The standard InChI is InChI=1S/C12H19NO/c1-12(2,3)14-10-6-8-11-7-4-5-9-13-11/h4-5,7,9H,6,8,10H2,1-3H3. The Balaban J connectivity index is 2.17. The van der Waals surface area contributed by atoms with Crippen LogP contribution in [0.4, 0.5) is 0 Å². The minimum atomic E-state index is -0.0237. The van der Waals surface area contributed by atoms with E-state index in [1.54, 1.807) is 0 Å². The molecule has 2 heteroatoms. The van der Waals surface area contributed by atoms with Crippen molar-refractivity contribution in [1.82, 2.24) is 4.98 Å². The van der Waals surface area contributed by atoms with Gasteiger partial charge < -0.3 is 4.74 Å². The van der Waals surface area contributed by atoms with Crippen molar-refractivity contribution in [1.29, 1.82) is 0 Å². The van der Waals surface area contributed by atoms with Crippen molar-refractivity contribution in [2.75, 3.05) is 6.61 Å². The molecule has 1 rings (SSSR count). The Labute approximate surface area is 86.3 Å². The van der Waals surface area contributed by atoms with Crippen molar-refractivity contribution in [2.24, 2.45) is 0 Å². The van der Waals surface area contributed by atoms with Crippen molar-refractivity contribution < 1.29 is 4.74 Å². The number of pyridine rings is 1. The predicted octanol–water partition coefficient (Wildman–Crippen LogP) is 2.83. The van der Waals surface area contributed by atoms with Crippen molar-refractivity contribution in [3.63, 3.8) is 0 Å². The molecule has 0 bridgehead atoms. The van der Waals surface area contributed by atoms with E-state index >= 15 is 0 Å². The highest BCUT2D eigenvalue weighted by molar-refractivity contribution is 5.03. The maximum absolute atomic E-state index is 5.62. The van der Waals surface area contributed by atoms with Crippen molar-refractivity contribution >= 4 is 0 Å². The average Bonchev–Trinajstić information content (AvgIpc) is 2.13. The number of rotatable bonds is 4. The van der Waals surface area contributed by atoms with Crippen LogP contribution in [0.2, 0.25) is 0 Å². The quantitative estimate of drug-likeness (QED) is 0.686. The largest absolute Gasteiger partial charge is 0.376 e. The molecule has 0 saturated heterocycles. The summed E-state index contributed by atoms with van der Waals surface area (Å²) in [6.07, 6.45) is 3.87. The van der Waals surface area contributed by atoms with E-state index in [2.05, 4.69) is 31.8 Å². The number of nitrogens with zero attached hydrogens (tertiary/aromatic N) is 1. The van der Waals surface area contributed by atoms with E-state index in [0.29, 0.717) is 0 Å². The molecule has 0 unspecified atom stereocenters. The van der Waals surface area contributed by atoms with Crippen LogP contribution in [0.3, 0.4) is 0 Å². The van der Waals surface area contributed by atoms with E-state index in [0.717, 1.165) is 25.1 Å². The highest BCUT2D eigenvalue weighted by Crippen LogP contribution is 2.08. The summed E-state index contributed by atoms with van der Waals surface area (Å²) in [5.74, 6) is 0. The molecule has 0 aromatic carbocycles. The molecule has 0 aliphatic rings. The van der Waals surface area contributed by atoms with Crippen molar-refractivity contribution in [3.05, 3.63) is 30.1 Å². The fourth-order valence-corrected chi connectivity index (χ4v) is 1.18. The number of hydrogen-bond acceptors (Lipinski definition) is 2. The molecule has 2 nitrogen and oxygen atoms in total. The van der Waals surface area contributed by atoms with Gasteiger partial charge in [0.1, 0.15) is 0 Å². The van der Waals surface area contributed by atoms with Gasteiger partial charge in [-0.1, -0.05) is 6.07 Å². The lowest BCUT2D eigenvalue weighted by atomic mass is 10.2. The van der Waals surface area contributed by atoms with Gasteiger partial charge in [-0.3, -0.25) is 4.98 Å². The number of aromatic nitrogens is 1. The van der Waals surface area contributed by atoms with Crippen LogP contribution in [0.15, 0.2) is 24.4 Å².